The maximum Gasteiger partial charge on any atom is 0.263 e. The Morgan fingerprint density at radius 3 is 2.67 bits per heavy atom. The summed E-state index contributed by atoms with van der Waals surface area (Å²) in [6, 6.07) is 10.4. The van der Waals surface area contributed by atoms with E-state index in [0.717, 1.165) is 17.1 Å². The van der Waals surface area contributed by atoms with E-state index in [0.29, 0.717) is 27.2 Å². The molecule has 0 aliphatic carbocycles. The summed E-state index contributed by atoms with van der Waals surface area (Å²) < 4.78 is 28.2. The molecule has 1 heterocycles. The van der Waals surface area contributed by atoms with Crippen LogP contribution in [0.3, 0.4) is 0 Å². The number of carbonyl (C=O) groups excluding carboxylic acids is 1. The largest absolute Gasteiger partial charge is 0.394 e. The van der Waals surface area contributed by atoms with Gasteiger partial charge >= 0.3 is 0 Å². The number of nitrogens with zero attached hydrogens (tertiary/aromatic N) is 1. The Bertz CT molecular complexity index is 1130. The van der Waals surface area contributed by atoms with Gasteiger partial charge in [0, 0.05) is 10.6 Å². The lowest BCUT2D eigenvalue weighted by Gasteiger charge is -2.15. The van der Waals surface area contributed by atoms with Crippen molar-refractivity contribution in [2.45, 2.75) is 17.4 Å². The number of anilines is 1. The fourth-order valence-electron chi connectivity index (χ4n) is 2.64. The van der Waals surface area contributed by atoms with Gasteiger partial charge in [-0.2, -0.15) is 11.8 Å². The first-order chi connectivity index (χ1) is 14.3. The number of carbonyl (C=O) groups is 1. The molecule has 0 aliphatic heterocycles. The molecule has 160 valence electrons. The highest BCUT2D eigenvalue weighted by Gasteiger charge is 2.18. The van der Waals surface area contributed by atoms with Crippen LogP contribution in [0, 0.1) is 0 Å². The Morgan fingerprint density at radius 1 is 1.27 bits per heavy atom. The summed E-state index contributed by atoms with van der Waals surface area (Å²) in [5.41, 5.74) is 0.993. The van der Waals surface area contributed by atoms with Gasteiger partial charge in [0.25, 0.3) is 15.9 Å². The molecule has 1 amide bonds. The maximum atomic E-state index is 12.5. The van der Waals surface area contributed by atoms with Crippen LogP contribution in [0.4, 0.5) is 5.13 Å². The Hall–Kier alpha value is -1.85. The second-order valence-corrected chi connectivity index (χ2v) is 10.5. The number of nitrogens with one attached hydrogen (secondary N) is 2. The second kappa shape index (κ2) is 9.97. The normalized spacial score (nSPS) is 12.6. The van der Waals surface area contributed by atoms with E-state index in [2.05, 4.69) is 15.0 Å². The lowest BCUT2D eigenvalue weighted by molar-refractivity contribution is 0.0915. The van der Waals surface area contributed by atoms with Gasteiger partial charge in [0.1, 0.15) is 0 Å². The summed E-state index contributed by atoms with van der Waals surface area (Å²) in [4.78, 5) is 16.9. The molecule has 0 bridgehead atoms. The van der Waals surface area contributed by atoms with Gasteiger partial charge in [-0.05, 0) is 60.9 Å². The quantitative estimate of drug-likeness (QED) is 0.427. The highest BCUT2D eigenvalue weighted by atomic mass is 35.5. The van der Waals surface area contributed by atoms with E-state index in [9.17, 15) is 18.3 Å². The minimum absolute atomic E-state index is 0.0755. The molecule has 0 spiro atoms. The number of benzene rings is 2. The monoisotopic (exact) mass is 485 g/mol. The van der Waals surface area contributed by atoms with Crippen LogP contribution in [0.5, 0.6) is 0 Å². The van der Waals surface area contributed by atoms with Gasteiger partial charge in [-0.1, -0.05) is 22.9 Å². The van der Waals surface area contributed by atoms with Crippen molar-refractivity contribution in [3.8, 4) is 0 Å². The van der Waals surface area contributed by atoms with Crippen LogP contribution >= 0.6 is 34.7 Å². The average Bonchev–Trinajstić information content (AvgIpc) is 3.11. The topological polar surface area (TPSA) is 108 Å². The molecule has 1 aromatic heterocycles. The third-order valence-corrected chi connectivity index (χ3v) is 7.54. The number of thioether (sulfide) groups is 1. The zero-order chi connectivity index (χ0) is 21.7. The Balaban J connectivity index is 1.77. The number of thiazole rings is 1. The zero-order valence-corrected chi connectivity index (χ0v) is 19.2. The molecule has 0 fully saturated rings. The third-order valence-electron chi connectivity index (χ3n) is 4.22. The molecular formula is C19H20ClN3O4S3. The molecular weight excluding hydrogens is 466 g/mol. The molecule has 0 aliphatic rings. The number of aromatic nitrogens is 1. The first-order valence-electron chi connectivity index (χ1n) is 8.92. The first kappa shape index (κ1) is 22.8. The van der Waals surface area contributed by atoms with Gasteiger partial charge in [-0.25, -0.2) is 13.4 Å². The van der Waals surface area contributed by atoms with Crippen molar-refractivity contribution < 1.29 is 18.3 Å². The van der Waals surface area contributed by atoms with Gasteiger partial charge < -0.3 is 10.4 Å². The van der Waals surface area contributed by atoms with Gasteiger partial charge in [-0.15, -0.1) is 0 Å². The lowest BCUT2D eigenvalue weighted by atomic mass is 10.1. The zero-order valence-electron chi connectivity index (χ0n) is 16.0. The van der Waals surface area contributed by atoms with Crippen LogP contribution in [0.15, 0.2) is 47.4 Å². The van der Waals surface area contributed by atoms with Crippen LogP contribution in [-0.4, -0.2) is 49.1 Å². The van der Waals surface area contributed by atoms with E-state index in [4.69, 9.17) is 11.6 Å². The SMILES string of the molecule is CSCCC(CO)NC(=O)c1ccc2nc(NS(=O)(=O)c3ccc(Cl)cc3)sc2c1. The van der Waals surface area contributed by atoms with Gasteiger partial charge in [0.05, 0.1) is 27.8 Å². The standard InChI is InChI=1S/C19H20ClN3O4S3/c1-28-9-8-14(11-24)21-18(25)12-2-7-16-17(10-12)29-19(22-16)23-30(26,27)15-5-3-13(20)4-6-15/h2-7,10,14,24H,8-9,11H2,1H3,(H,21,25)(H,22,23). The summed E-state index contributed by atoms with van der Waals surface area (Å²) >= 11 is 8.58. The van der Waals surface area contributed by atoms with Crippen molar-refractivity contribution in [2.24, 2.45) is 0 Å². The van der Waals surface area contributed by atoms with Crippen LogP contribution in [-0.2, 0) is 10.0 Å². The van der Waals surface area contributed by atoms with Crippen molar-refractivity contribution in [1.82, 2.24) is 10.3 Å². The molecule has 3 aromatic rings. The Kier molecular flexibility index (Phi) is 7.59. The van der Waals surface area contributed by atoms with E-state index in [1.807, 2.05) is 6.26 Å². The lowest BCUT2D eigenvalue weighted by Crippen LogP contribution is -2.37. The number of fused-ring (bicyclic) bond motifs is 1. The fourth-order valence-corrected chi connectivity index (χ4v) is 5.42. The van der Waals surface area contributed by atoms with Crippen LogP contribution < -0.4 is 10.0 Å². The summed E-state index contributed by atoms with van der Waals surface area (Å²) in [6.07, 6.45) is 2.63. The molecule has 2 aromatic carbocycles. The van der Waals surface area contributed by atoms with E-state index in [1.54, 1.807) is 30.0 Å². The molecule has 0 radical (unpaired) electrons. The molecule has 1 atom stereocenters. The number of aliphatic hydroxyl groups excluding tert-OH is 1. The van der Waals surface area contributed by atoms with E-state index < -0.39 is 10.0 Å². The molecule has 1 unspecified atom stereocenters. The molecule has 7 nitrogen and oxygen atoms in total. The summed E-state index contributed by atoms with van der Waals surface area (Å²) in [5, 5.41) is 12.9. The molecule has 0 saturated carbocycles. The molecule has 11 heteroatoms. The number of aliphatic hydroxyl groups is 1. The van der Waals surface area contributed by atoms with Crippen molar-refractivity contribution in [1.29, 1.82) is 0 Å². The summed E-state index contributed by atoms with van der Waals surface area (Å²) in [7, 11) is -3.80. The minimum atomic E-state index is -3.80. The smallest absolute Gasteiger partial charge is 0.263 e. The first-order valence-corrected chi connectivity index (χ1v) is 13.0. The minimum Gasteiger partial charge on any atom is -0.394 e. The van der Waals surface area contributed by atoms with E-state index in [1.165, 1.54) is 24.3 Å². The Morgan fingerprint density at radius 2 is 2.00 bits per heavy atom. The van der Waals surface area contributed by atoms with E-state index >= 15 is 0 Å². The van der Waals surface area contributed by atoms with Gasteiger partial charge in [-0.3, -0.25) is 9.52 Å². The fraction of sp³-hybridized carbons (Fsp3) is 0.263. The third kappa shape index (κ3) is 5.64. The van der Waals surface area contributed by atoms with Gasteiger partial charge in [0.15, 0.2) is 5.13 Å². The summed E-state index contributed by atoms with van der Waals surface area (Å²) in [6.45, 7) is -0.133. The number of sulfonamides is 1. The van der Waals surface area contributed by atoms with Crippen LogP contribution in [0.2, 0.25) is 5.02 Å². The average molecular weight is 486 g/mol. The van der Waals surface area contributed by atoms with E-state index in [-0.39, 0.29) is 28.6 Å². The van der Waals surface area contributed by atoms with Crippen molar-refractivity contribution in [3.05, 3.63) is 53.1 Å². The molecule has 30 heavy (non-hydrogen) atoms. The number of amides is 1. The van der Waals surface area contributed by atoms with Crippen LogP contribution in [0.1, 0.15) is 16.8 Å². The van der Waals surface area contributed by atoms with Crippen molar-refractivity contribution >= 4 is 66.0 Å². The number of halogens is 1. The predicted octanol–water partition coefficient (Wildman–Crippen LogP) is 3.59. The number of hydrogen-bond acceptors (Lipinski definition) is 7. The molecule has 3 rings (SSSR count). The predicted molar refractivity (Wildman–Crippen MR) is 123 cm³/mol. The molecule has 3 N–H and O–H groups in total. The Labute approximate surface area is 187 Å². The number of hydrogen-bond donors (Lipinski definition) is 3. The molecule has 0 saturated heterocycles. The van der Waals surface area contributed by atoms with Crippen molar-refractivity contribution in [3.63, 3.8) is 0 Å². The highest BCUT2D eigenvalue weighted by molar-refractivity contribution is 7.98. The van der Waals surface area contributed by atoms with Gasteiger partial charge in [0.2, 0.25) is 0 Å². The van der Waals surface area contributed by atoms with Crippen LogP contribution in [0.25, 0.3) is 10.2 Å². The van der Waals surface area contributed by atoms with Crippen molar-refractivity contribution in [2.75, 3.05) is 23.3 Å². The highest BCUT2D eigenvalue weighted by Crippen LogP contribution is 2.29. The maximum absolute atomic E-state index is 12.5. The summed E-state index contributed by atoms with van der Waals surface area (Å²) in [5.74, 6) is 0.532. The number of rotatable bonds is 9. The second-order valence-electron chi connectivity index (χ2n) is 6.40.